The molecule has 0 fully saturated rings. The van der Waals surface area contributed by atoms with Gasteiger partial charge in [-0.25, -0.2) is 4.79 Å². The Morgan fingerprint density at radius 1 is 1.25 bits per heavy atom. The lowest BCUT2D eigenvalue weighted by atomic mass is 10.1. The molecule has 0 saturated carbocycles. The number of rotatable bonds is 3. The number of pyridine rings is 1. The third-order valence-corrected chi connectivity index (χ3v) is 3.95. The average molecular weight is 322 g/mol. The molecule has 120 valence electrons. The predicted molar refractivity (Wildman–Crippen MR) is 87.2 cm³/mol. The predicted octanol–water partition coefficient (Wildman–Crippen LogP) is 0.922. The molecule has 3 aromatic rings. The molecule has 0 aromatic carbocycles. The van der Waals surface area contributed by atoms with E-state index >= 15 is 0 Å². The van der Waals surface area contributed by atoms with Crippen LogP contribution in [0.1, 0.15) is 28.4 Å². The van der Waals surface area contributed by atoms with E-state index in [1.54, 1.807) is 10.6 Å². The molecule has 0 aliphatic rings. The van der Waals surface area contributed by atoms with Crippen LogP contribution in [0.2, 0.25) is 0 Å². The summed E-state index contributed by atoms with van der Waals surface area (Å²) in [5, 5.41) is 9.43. The van der Waals surface area contributed by atoms with Crippen molar-refractivity contribution < 1.29 is 4.79 Å². The number of ketones is 1. The highest BCUT2D eigenvalue weighted by Gasteiger charge is 2.15. The summed E-state index contributed by atoms with van der Waals surface area (Å²) in [5.41, 5.74) is 0.620. The third kappa shape index (κ3) is 2.34. The number of Topliss-reactive ketones (excluding diaryl/α,β-unsaturated/α-hetero) is 1. The second-order valence-electron chi connectivity index (χ2n) is 5.51. The van der Waals surface area contributed by atoms with Crippen molar-refractivity contribution in [3.63, 3.8) is 0 Å². The summed E-state index contributed by atoms with van der Waals surface area (Å²) in [4.78, 5) is 35.9. The van der Waals surface area contributed by atoms with E-state index < -0.39 is 17.0 Å². The zero-order valence-electron chi connectivity index (χ0n) is 13.2. The zero-order chi connectivity index (χ0) is 17.4. The van der Waals surface area contributed by atoms with Crippen LogP contribution in [-0.4, -0.2) is 19.3 Å². The lowest BCUT2D eigenvalue weighted by Crippen LogP contribution is -2.40. The number of carbonyl (C=O) groups excluding carboxylic acids is 1. The summed E-state index contributed by atoms with van der Waals surface area (Å²) in [5.74, 6) is -0.410. The average Bonchev–Trinajstić information content (AvgIpc) is 2.92. The standard InChI is InChI=1S/C17H14N4O3/c1-11(22)14-10-21(17(24)19(2)16(14)23)9-12-8-20-6-4-3-5-15(20)13(12)7-18/h3-6,8,10H,9H2,1-2H3. The largest absolute Gasteiger partial charge is 0.331 e. The van der Waals surface area contributed by atoms with Gasteiger partial charge in [0.15, 0.2) is 5.78 Å². The Bertz CT molecular complexity index is 1130. The van der Waals surface area contributed by atoms with Crippen LogP contribution in [0.5, 0.6) is 0 Å². The second-order valence-corrected chi connectivity index (χ2v) is 5.51. The van der Waals surface area contributed by atoms with Crippen LogP contribution in [-0.2, 0) is 13.6 Å². The molecular formula is C17H14N4O3. The zero-order valence-corrected chi connectivity index (χ0v) is 13.2. The van der Waals surface area contributed by atoms with Gasteiger partial charge in [-0.2, -0.15) is 5.26 Å². The number of carbonyl (C=O) groups is 1. The van der Waals surface area contributed by atoms with Gasteiger partial charge in [-0.1, -0.05) is 6.07 Å². The molecule has 0 amide bonds. The maximum absolute atomic E-state index is 12.3. The van der Waals surface area contributed by atoms with Gasteiger partial charge >= 0.3 is 5.69 Å². The Morgan fingerprint density at radius 3 is 2.67 bits per heavy atom. The summed E-state index contributed by atoms with van der Waals surface area (Å²) in [6.45, 7) is 1.37. The van der Waals surface area contributed by atoms with Gasteiger partial charge in [0.2, 0.25) is 0 Å². The molecule has 0 unspecified atom stereocenters. The van der Waals surface area contributed by atoms with E-state index in [0.29, 0.717) is 11.1 Å². The molecule has 0 N–H and O–H groups in total. The van der Waals surface area contributed by atoms with Crippen LogP contribution < -0.4 is 11.2 Å². The van der Waals surface area contributed by atoms with Crippen molar-refractivity contribution in [1.82, 2.24) is 13.5 Å². The molecule has 0 spiro atoms. The Morgan fingerprint density at radius 2 is 2.00 bits per heavy atom. The lowest BCUT2D eigenvalue weighted by molar-refractivity contribution is 0.101. The first-order valence-corrected chi connectivity index (χ1v) is 7.24. The Hall–Kier alpha value is -3.40. The van der Waals surface area contributed by atoms with E-state index in [9.17, 15) is 19.6 Å². The minimum atomic E-state index is -0.619. The van der Waals surface area contributed by atoms with Gasteiger partial charge in [-0.3, -0.25) is 18.7 Å². The smallest absolute Gasteiger partial charge is 0.322 e. The summed E-state index contributed by atoms with van der Waals surface area (Å²) >= 11 is 0. The normalized spacial score (nSPS) is 10.7. The number of nitrogens with zero attached hydrogens (tertiary/aromatic N) is 4. The van der Waals surface area contributed by atoms with E-state index in [2.05, 4.69) is 6.07 Å². The van der Waals surface area contributed by atoms with Crippen molar-refractivity contribution in [1.29, 1.82) is 5.26 Å². The molecule has 0 aliphatic heterocycles. The maximum Gasteiger partial charge on any atom is 0.331 e. The molecule has 7 nitrogen and oxygen atoms in total. The van der Waals surface area contributed by atoms with Crippen molar-refractivity contribution in [3.8, 4) is 6.07 Å². The van der Waals surface area contributed by atoms with Crippen molar-refractivity contribution in [2.45, 2.75) is 13.5 Å². The second kappa shape index (κ2) is 5.66. The van der Waals surface area contributed by atoms with E-state index in [4.69, 9.17) is 0 Å². The Kier molecular flexibility index (Phi) is 3.66. The maximum atomic E-state index is 12.3. The molecule has 0 aliphatic carbocycles. The fourth-order valence-corrected chi connectivity index (χ4v) is 2.69. The number of nitriles is 1. The fraction of sp³-hybridized carbons (Fsp3) is 0.176. The van der Waals surface area contributed by atoms with Crippen LogP contribution in [0.25, 0.3) is 5.52 Å². The number of fused-ring (bicyclic) bond motifs is 1. The van der Waals surface area contributed by atoms with Gasteiger partial charge in [0.25, 0.3) is 5.56 Å². The van der Waals surface area contributed by atoms with Gasteiger partial charge < -0.3 is 4.40 Å². The van der Waals surface area contributed by atoms with Crippen LogP contribution in [0.3, 0.4) is 0 Å². The highest BCUT2D eigenvalue weighted by molar-refractivity contribution is 5.93. The molecule has 0 saturated heterocycles. The van der Waals surface area contributed by atoms with E-state index in [-0.39, 0.29) is 12.1 Å². The first kappa shape index (κ1) is 15.5. The summed E-state index contributed by atoms with van der Waals surface area (Å²) < 4.78 is 3.97. The Balaban J connectivity index is 2.20. The first-order chi connectivity index (χ1) is 11.4. The summed E-state index contributed by atoms with van der Waals surface area (Å²) in [6.07, 6.45) is 4.83. The first-order valence-electron chi connectivity index (χ1n) is 7.24. The van der Waals surface area contributed by atoms with Crippen molar-refractivity contribution in [2.24, 2.45) is 7.05 Å². The summed E-state index contributed by atoms with van der Waals surface area (Å²) in [7, 11) is 1.33. The van der Waals surface area contributed by atoms with Crippen LogP contribution >= 0.6 is 0 Å². The minimum Gasteiger partial charge on any atom is -0.322 e. The van der Waals surface area contributed by atoms with Gasteiger partial charge in [0, 0.05) is 31.2 Å². The highest BCUT2D eigenvalue weighted by atomic mass is 16.2. The fourth-order valence-electron chi connectivity index (χ4n) is 2.69. The van der Waals surface area contributed by atoms with Crippen LogP contribution in [0.15, 0.2) is 46.4 Å². The van der Waals surface area contributed by atoms with Crippen molar-refractivity contribution in [3.05, 3.63) is 74.3 Å². The number of hydrogen-bond acceptors (Lipinski definition) is 4. The molecule has 3 heterocycles. The van der Waals surface area contributed by atoms with Gasteiger partial charge in [0.05, 0.1) is 23.2 Å². The summed E-state index contributed by atoms with van der Waals surface area (Å²) in [6, 6.07) is 7.63. The molecule has 0 bridgehead atoms. The number of hydrogen-bond donors (Lipinski definition) is 0. The topological polar surface area (TPSA) is 89.3 Å². The van der Waals surface area contributed by atoms with Crippen molar-refractivity contribution >= 4 is 11.3 Å². The third-order valence-electron chi connectivity index (χ3n) is 3.95. The van der Waals surface area contributed by atoms with Crippen LogP contribution in [0.4, 0.5) is 0 Å². The SMILES string of the molecule is CC(=O)c1cn(Cc2cn3ccccc3c2C#N)c(=O)n(C)c1=O. The molecule has 7 heteroatoms. The van der Waals surface area contributed by atoms with E-state index in [1.165, 1.54) is 24.7 Å². The minimum absolute atomic E-state index is 0.0561. The van der Waals surface area contributed by atoms with Crippen LogP contribution in [0, 0.1) is 11.3 Å². The monoisotopic (exact) mass is 322 g/mol. The van der Waals surface area contributed by atoms with Gasteiger partial charge in [0.1, 0.15) is 6.07 Å². The molecule has 0 atom stereocenters. The van der Waals surface area contributed by atoms with E-state index in [0.717, 1.165) is 10.1 Å². The molecular weight excluding hydrogens is 308 g/mol. The molecule has 0 radical (unpaired) electrons. The molecule has 3 rings (SSSR count). The van der Waals surface area contributed by atoms with Gasteiger partial charge in [-0.15, -0.1) is 0 Å². The van der Waals surface area contributed by atoms with Gasteiger partial charge in [-0.05, 0) is 19.1 Å². The van der Waals surface area contributed by atoms with Crippen molar-refractivity contribution in [2.75, 3.05) is 0 Å². The molecule has 24 heavy (non-hydrogen) atoms. The quantitative estimate of drug-likeness (QED) is 0.671. The lowest BCUT2D eigenvalue weighted by Gasteiger charge is -2.08. The Labute approximate surface area is 136 Å². The molecule has 3 aromatic heterocycles. The highest BCUT2D eigenvalue weighted by Crippen LogP contribution is 2.18. The number of aromatic nitrogens is 3. The van der Waals surface area contributed by atoms with E-state index in [1.807, 2.05) is 24.4 Å².